The van der Waals surface area contributed by atoms with Gasteiger partial charge in [0, 0.05) is 0 Å². The fraction of sp³-hybridized carbons (Fsp3) is 1.00. The van der Waals surface area contributed by atoms with E-state index in [1.54, 1.807) is 0 Å². The normalized spacial score (nSPS) is 13.1. The fourth-order valence-electron chi connectivity index (χ4n) is 1.81. The van der Waals surface area contributed by atoms with Gasteiger partial charge in [0.25, 0.3) is 10.1 Å². The quantitative estimate of drug-likeness (QED) is 0.323. The van der Waals surface area contributed by atoms with E-state index in [0.29, 0.717) is 6.42 Å². The minimum Gasteiger partial charge on any atom is -1.00 e. The molecule has 0 bridgehead atoms. The van der Waals surface area contributed by atoms with Gasteiger partial charge in [-0.2, -0.15) is 8.42 Å². The standard InChI is InChI=1S/C12H27NO3S.Na.H/c1-2-3-4-5-6-7-8-9-10-11-12(13)17(14,15)16;;/h12H,2-11,13H2,1H3,(H,14,15,16);;/q;+1;-1. The third-order valence-corrected chi connectivity index (χ3v) is 3.98. The Morgan fingerprint density at radius 3 is 1.78 bits per heavy atom. The van der Waals surface area contributed by atoms with Gasteiger partial charge in [0.15, 0.2) is 0 Å². The molecule has 18 heavy (non-hydrogen) atoms. The van der Waals surface area contributed by atoms with Crippen LogP contribution in [0.3, 0.4) is 0 Å². The average Bonchev–Trinajstić information content (AvgIpc) is 2.25. The summed E-state index contributed by atoms with van der Waals surface area (Å²) in [6.45, 7) is 2.21. The second-order valence-electron chi connectivity index (χ2n) is 4.67. The summed E-state index contributed by atoms with van der Waals surface area (Å²) in [4.78, 5) is 0. The van der Waals surface area contributed by atoms with E-state index in [1.165, 1.54) is 38.5 Å². The first-order chi connectivity index (χ1) is 7.98. The summed E-state index contributed by atoms with van der Waals surface area (Å²) in [5.41, 5.74) is 5.31. The molecule has 0 aromatic heterocycles. The zero-order valence-electron chi connectivity index (χ0n) is 12.9. The van der Waals surface area contributed by atoms with Crippen molar-refractivity contribution in [2.75, 3.05) is 0 Å². The Labute approximate surface area is 136 Å². The zero-order valence-corrected chi connectivity index (χ0v) is 14.7. The van der Waals surface area contributed by atoms with Crippen molar-refractivity contribution in [3.05, 3.63) is 0 Å². The first-order valence-corrected chi connectivity index (χ1v) is 8.20. The number of rotatable bonds is 11. The Hall–Kier alpha value is 0.870. The van der Waals surface area contributed by atoms with Crippen LogP contribution in [0, 0.1) is 0 Å². The molecule has 1 unspecified atom stereocenters. The van der Waals surface area contributed by atoms with Gasteiger partial charge in [0.2, 0.25) is 0 Å². The van der Waals surface area contributed by atoms with Gasteiger partial charge < -0.3 is 7.16 Å². The largest absolute Gasteiger partial charge is 1.00 e. The minimum absolute atomic E-state index is 0. The van der Waals surface area contributed by atoms with Crippen molar-refractivity contribution in [1.29, 1.82) is 0 Å². The van der Waals surface area contributed by atoms with Crippen LogP contribution in [-0.4, -0.2) is 18.3 Å². The summed E-state index contributed by atoms with van der Waals surface area (Å²) in [5, 5.41) is -1.10. The van der Waals surface area contributed by atoms with E-state index in [4.69, 9.17) is 10.3 Å². The third kappa shape index (κ3) is 13.3. The molecule has 0 radical (unpaired) electrons. The van der Waals surface area contributed by atoms with E-state index in [1.807, 2.05) is 0 Å². The molecular formula is C12H28NNaO3S. The molecule has 0 aliphatic heterocycles. The SMILES string of the molecule is CCCCCCCCCCCC(N)S(=O)(=O)O.[H-].[Na+]. The predicted molar refractivity (Wildman–Crippen MR) is 72.5 cm³/mol. The van der Waals surface area contributed by atoms with Crippen LogP contribution in [-0.2, 0) is 10.1 Å². The Bertz CT molecular complexity index is 276. The van der Waals surface area contributed by atoms with Crippen molar-refractivity contribution < 1.29 is 44.0 Å². The van der Waals surface area contributed by atoms with Crippen LogP contribution in [0.25, 0.3) is 0 Å². The van der Waals surface area contributed by atoms with E-state index >= 15 is 0 Å². The molecule has 6 heteroatoms. The molecule has 0 saturated heterocycles. The molecule has 0 rings (SSSR count). The van der Waals surface area contributed by atoms with Crippen LogP contribution in [0.15, 0.2) is 0 Å². The second-order valence-corrected chi connectivity index (χ2v) is 6.31. The minimum atomic E-state index is -4.03. The number of hydrogen-bond acceptors (Lipinski definition) is 3. The topological polar surface area (TPSA) is 80.4 Å². The molecule has 0 heterocycles. The summed E-state index contributed by atoms with van der Waals surface area (Å²) in [6, 6.07) is 0. The Morgan fingerprint density at radius 2 is 1.39 bits per heavy atom. The van der Waals surface area contributed by atoms with Crippen molar-refractivity contribution in [1.82, 2.24) is 0 Å². The van der Waals surface area contributed by atoms with Crippen molar-refractivity contribution in [2.45, 2.75) is 76.5 Å². The zero-order chi connectivity index (χ0) is 13.1. The Morgan fingerprint density at radius 1 is 1.00 bits per heavy atom. The molecular weight excluding hydrogens is 261 g/mol. The maximum absolute atomic E-state index is 10.6. The van der Waals surface area contributed by atoms with E-state index < -0.39 is 15.5 Å². The van der Waals surface area contributed by atoms with Crippen LogP contribution in [0.2, 0.25) is 0 Å². The van der Waals surface area contributed by atoms with E-state index in [-0.39, 0.29) is 31.0 Å². The van der Waals surface area contributed by atoms with Gasteiger partial charge in [-0.25, -0.2) is 0 Å². The smallest absolute Gasteiger partial charge is 1.00 e. The number of unbranched alkanes of at least 4 members (excludes halogenated alkanes) is 8. The molecule has 106 valence electrons. The van der Waals surface area contributed by atoms with Gasteiger partial charge in [-0.05, 0) is 6.42 Å². The number of hydrogen-bond donors (Lipinski definition) is 2. The summed E-state index contributed by atoms with van der Waals surface area (Å²) < 4.78 is 29.9. The van der Waals surface area contributed by atoms with Crippen molar-refractivity contribution in [3.8, 4) is 0 Å². The molecule has 0 fully saturated rings. The molecule has 0 aliphatic carbocycles. The first kappa shape index (κ1) is 21.2. The van der Waals surface area contributed by atoms with Gasteiger partial charge in [0.1, 0.15) is 5.37 Å². The van der Waals surface area contributed by atoms with Crippen LogP contribution >= 0.6 is 0 Å². The Balaban J connectivity index is -0.00000128. The van der Waals surface area contributed by atoms with Gasteiger partial charge in [-0.1, -0.05) is 64.7 Å². The van der Waals surface area contributed by atoms with E-state index in [0.717, 1.165) is 19.3 Å². The summed E-state index contributed by atoms with van der Waals surface area (Å²) in [6.07, 6.45) is 11.0. The van der Waals surface area contributed by atoms with Gasteiger partial charge in [-0.3, -0.25) is 4.55 Å². The van der Waals surface area contributed by atoms with Crippen LogP contribution in [0.1, 0.15) is 72.6 Å². The van der Waals surface area contributed by atoms with Gasteiger partial charge in [0.05, 0.1) is 0 Å². The maximum Gasteiger partial charge on any atom is 1.00 e. The predicted octanol–water partition coefficient (Wildman–Crippen LogP) is 0.196. The summed E-state index contributed by atoms with van der Waals surface area (Å²) in [5.74, 6) is 0. The molecule has 1 atom stereocenters. The molecule has 0 aliphatic rings. The molecule has 0 spiro atoms. The average molecular weight is 289 g/mol. The first-order valence-electron chi connectivity index (χ1n) is 6.70. The van der Waals surface area contributed by atoms with Crippen molar-refractivity contribution in [3.63, 3.8) is 0 Å². The van der Waals surface area contributed by atoms with Gasteiger partial charge in [-0.15, -0.1) is 0 Å². The van der Waals surface area contributed by atoms with Crippen molar-refractivity contribution >= 4 is 10.1 Å². The van der Waals surface area contributed by atoms with Gasteiger partial charge >= 0.3 is 29.6 Å². The summed E-state index contributed by atoms with van der Waals surface area (Å²) in [7, 11) is -4.03. The van der Waals surface area contributed by atoms with E-state index in [9.17, 15) is 8.42 Å². The van der Waals surface area contributed by atoms with E-state index in [2.05, 4.69) is 6.92 Å². The molecule has 0 saturated carbocycles. The van der Waals surface area contributed by atoms with Crippen LogP contribution in [0.5, 0.6) is 0 Å². The van der Waals surface area contributed by atoms with Crippen LogP contribution in [0.4, 0.5) is 0 Å². The molecule has 4 nitrogen and oxygen atoms in total. The van der Waals surface area contributed by atoms with Crippen LogP contribution < -0.4 is 35.3 Å². The Kier molecular flexibility index (Phi) is 15.2. The monoisotopic (exact) mass is 289 g/mol. The summed E-state index contributed by atoms with van der Waals surface area (Å²) >= 11 is 0. The molecule has 0 amide bonds. The fourth-order valence-corrected chi connectivity index (χ4v) is 2.27. The van der Waals surface area contributed by atoms with Crippen molar-refractivity contribution in [2.24, 2.45) is 5.73 Å². The number of nitrogens with two attached hydrogens (primary N) is 1. The molecule has 3 N–H and O–H groups in total. The second kappa shape index (κ2) is 12.9. The molecule has 0 aromatic rings. The maximum atomic E-state index is 10.6. The third-order valence-electron chi connectivity index (χ3n) is 2.97. The molecule has 0 aromatic carbocycles.